The van der Waals surface area contributed by atoms with Crippen LogP contribution in [0.2, 0.25) is 0 Å². The number of aromatic nitrogens is 1. The quantitative estimate of drug-likeness (QED) is 0.713. The van der Waals surface area contributed by atoms with Crippen molar-refractivity contribution in [2.45, 2.75) is 18.9 Å². The topological polar surface area (TPSA) is 120 Å². The summed E-state index contributed by atoms with van der Waals surface area (Å²) >= 11 is 0. The van der Waals surface area contributed by atoms with Crippen molar-refractivity contribution in [1.82, 2.24) is 4.98 Å². The summed E-state index contributed by atoms with van der Waals surface area (Å²) in [5.41, 5.74) is -1.45. The number of pyridine rings is 1. The molecule has 0 aromatic carbocycles. The lowest BCUT2D eigenvalue weighted by Crippen LogP contribution is -2.16. The molecule has 8 nitrogen and oxygen atoms in total. The lowest BCUT2D eigenvalue weighted by atomic mass is 10.3. The number of carboxylic acids is 1. The highest BCUT2D eigenvalue weighted by Gasteiger charge is 2.35. The molecule has 0 atom stereocenters. The van der Waals surface area contributed by atoms with Crippen LogP contribution < -0.4 is 0 Å². The first kappa shape index (κ1) is 17.8. The lowest BCUT2D eigenvalue weighted by molar-refractivity contribution is 0.0691. The molecule has 1 aromatic heterocycles. The van der Waals surface area contributed by atoms with Crippen LogP contribution in [0.15, 0.2) is 23.4 Å². The maximum Gasteiger partial charge on any atom is 0.346 e. The van der Waals surface area contributed by atoms with Crippen LogP contribution in [0, 0.1) is 0 Å². The average Bonchev–Trinajstić information content (AvgIpc) is 2.38. The van der Waals surface area contributed by atoms with E-state index in [-0.39, 0.29) is 13.2 Å². The van der Waals surface area contributed by atoms with E-state index in [1.807, 2.05) is 0 Å². The van der Waals surface area contributed by atoms with Crippen molar-refractivity contribution in [2.24, 2.45) is 0 Å². The maximum absolute atomic E-state index is 12.3. The third kappa shape index (κ3) is 4.60. The SMILES string of the molecule is CCOP(=O)(CS(=O)(=O)c1ncccc1C(=O)O)OCC. The van der Waals surface area contributed by atoms with Gasteiger partial charge in [-0.15, -0.1) is 0 Å². The van der Waals surface area contributed by atoms with E-state index < -0.39 is 39.5 Å². The van der Waals surface area contributed by atoms with E-state index in [4.69, 9.17) is 14.2 Å². The zero-order valence-corrected chi connectivity index (χ0v) is 13.3. The van der Waals surface area contributed by atoms with Crippen LogP contribution in [0.25, 0.3) is 0 Å². The standard InChI is InChI=1S/C11H16NO7PS/c1-3-18-20(15,19-4-2)8-21(16,17)10-9(11(13)14)6-5-7-12-10/h5-7H,3-4,8H2,1-2H3,(H,13,14). The molecule has 10 heteroatoms. The Bertz CT molecular complexity index is 648. The Balaban J connectivity index is 3.23. The zero-order chi connectivity index (χ0) is 16.1. The van der Waals surface area contributed by atoms with E-state index in [2.05, 4.69) is 4.98 Å². The fourth-order valence-electron chi connectivity index (χ4n) is 1.58. The Morgan fingerprint density at radius 3 is 2.38 bits per heavy atom. The molecule has 0 spiro atoms. The first-order valence-electron chi connectivity index (χ1n) is 6.05. The molecule has 0 amide bonds. The molecule has 0 radical (unpaired) electrons. The molecule has 0 fully saturated rings. The van der Waals surface area contributed by atoms with Gasteiger partial charge in [-0.2, -0.15) is 0 Å². The van der Waals surface area contributed by atoms with Gasteiger partial charge in [0.25, 0.3) is 0 Å². The van der Waals surface area contributed by atoms with Crippen LogP contribution in [-0.4, -0.2) is 43.2 Å². The van der Waals surface area contributed by atoms with Gasteiger partial charge in [-0.05, 0) is 26.0 Å². The highest BCUT2D eigenvalue weighted by atomic mass is 32.2. The molecule has 1 heterocycles. The minimum atomic E-state index is -4.24. The van der Waals surface area contributed by atoms with Gasteiger partial charge in [0.1, 0.15) is 0 Å². The van der Waals surface area contributed by atoms with Gasteiger partial charge < -0.3 is 14.2 Å². The molecule has 0 aliphatic carbocycles. The molecule has 118 valence electrons. The fourth-order valence-corrected chi connectivity index (χ4v) is 5.90. The van der Waals surface area contributed by atoms with Crippen LogP contribution in [0.4, 0.5) is 0 Å². The second-order valence-electron chi connectivity index (χ2n) is 3.85. The Morgan fingerprint density at radius 1 is 1.33 bits per heavy atom. The lowest BCUT2D eigenvalue weighted by Gasteiger charge is -2.17. The predicted octanol–water partition coefficient (Wildman–Crippen LogP) is 1.78. The number of aromatic carboxylic acids is 1. The van der Waals surface area contributed by atoms with Crippen LogP contribution >= 0.6 is 7.60 Å². The smallest absolute Gasteiger partial charge is 0.346 e. The summed E-state index contributed by atoms with van der Waals surface area (Å²) in [6, 6.07) is 2.40. The van der Waals surface area contributed by atoms with Crippen molar-refractivity contribution in [3.63, 3.8) is 0 Å². The minimum Gasteiger partial charge on any atom is -0.478 e. The minimum absolute atomic E-state index is 0.000797. The Labute approximate surface area is 122 Å². The predicted molar refractivity (Wildman–Crippen MR) is 74.1 cm³/mol. The molecule has 0 aliphatic rings. The molecule has 1 N–H and O–H groups in total. The van der Waals surface area contributed by atoms with Crippen LogP contribution in [0.1, 0.15) is 24.2 Å². The summed E-state index contributed by atoms with van der Waals surface area (Å²) in [6.07, 6.45) is 1.14. The van der Waals surface area contributed by atoms with Gasteiger partial charge in [-0.25, -0.2) is 18.2 Å². The molecular formula is C11H16NO7PS. The molecule has 1 rings (SSSR count). The third-order valence-corrected chi connectivity index (χ3v) is 7.12. The number of carboxylic acid groups (broad SMARTS) is 1. The summed E-state index contributed by atoms with van der Waals surface area (Å²) in [4.78, 5) is 14.6. The summed E-state index contributed by atoms with van der Waals surface area (Å²) in [7, 11) is -8.12. The molecule has 0 bridgehead atoms. The Hall–Kier alpha value is -1.28. The molecule has 1 aromatic rings. The average molecular weight is 337 g/mol. The first-order chi connectivity index (χ1) is 9.75. The van der Waals surface area contributed by atoms with Crippen molar-refractivity contribution < 1.29 is 31.9 Å². The second kappa shape index (κ2) is 7.13. The molecule has 0 aliphatic heterocycles. The zero-order valence-electron chi connectivity index (χ0n) is 11.6. The molecule has 0 saturated carbocycles. The van der Waals surface area contributed by atoms with Crippen molar-refractivity contribution in [3.8, 4) is 0 Å². The number of hydrogen-bond acceptors (Lipinski definition) is 7. The molecule has 21 heavy (non-hydrogen) atoms. The van der Waals surface area contributed by atoms with Gasteiger partial charge in [0.05, 0.1) is 18.8 Å². The van der Waals surface area contributed by atoms with E-state index in [0.29, 0.717) is 0 Å². The van der Waals surface area contributed by atoms with Crippen LogP contribution in [-0.2, 0) is 23.4 Å². The van der Waals surface area contributed by atoms with Gasteiger partial charge in [-0.3, -0.25) is 4.57 Å². The highest BCUT2D eigenvalue weighted by Crippen LogP contribution is 2.50. The van der Waals surface area contributed by atoms with Gasteiger partial charge in [0.15, 0.2) is 10.5 Å². The van der Waals surface area contributed by atoms with Gasteiger partial charge >= 0.3 is 13.6 Å². The van der Waals surface area contributed by atoms with Crippen molar-refractivity contribution in [2.75, 3.05) is 18.7 Å². The van der Waals surface area contributed by atoms with Gasteiger partial charge in [0, 0.05) is 6.20 Å². The van der Waals surface area contributed by atoms with Crippen molar-refractivity contribution in [1.29, 1.82) is 0 Å². The van der Waals surface area contributed by atoms with E-state index in [1.54, 1.807) is 13.8 Å². The summed E-state index contributed by atoms with van der Waals surface area (Å²) in [5, 5.41) is 8.34. The number of rotatable bonds is 8. The number of nitrogens with zero attached hydrogens (tertiary/aromatic N) is 1. The molecule has 0 unspecified atom stereocenters. The third-order valence-electron chi connectivity index (χ3n) is 2.28. The van der Waals surface area contributed by atoms with E-state index in [9.17, 15) is 17.8 Å². The monoisotopic (exact) mass is 337 g/mol. The van der Waals surface area contributed by atoms with E-state index >= 15 is 0 Å². The van der Waals surface area contributed by atoms with Crippen LogP contribution in [0.3, 0.4) is 0 Å². The number of sulfone groups is 1. The van der Waals surface area contributed by atoms with E-state index in [0.717, 1.165) is 12.3 Å². The second-order valence-corrected chi connectivity index (χ2v) is 8.24. The van der Waals surface area contributed by atoms with Crippen molar-refractivity contribution in [3.05, 3.63) is 23.9 Å². The molecular weight excluding hydrogens is 321 g/mol. The summed E-state index contributed by atoms with van der Waals surface area (Å²) in [5.74, 6) is -1.44. The van der Waals surface area contributed by atoms with Crippen LogP contribution in [0.5, 0.6) is 0 Å². The van der Waals surface area contributed by atoms with Gasteiger partial charge in [-0.1, -0.05) is 0 Å². The largest absolute Gasteiger partial charge is 0.478 e. The Kier molecular flexibility index (Phi) is 6.03. The summed E-state index contributed by atoms with van der Waals surface area (Å²) < 4.78 is 46.6. The normalized spacial score (nSPS) is 12.3. The highest BCUT2D eigenvalue weighted by molar-refractivity contribution is 7.97. The van der Waals surface area contributed by atoms with E-state index in [1.165, 1.54) is 6.07 Å². The number of hydrogen-bond donors (Lipinski definition) is 1. The van der Waals surface area contributed by atoms with Crippen molar-refractivity contribution >= 4 is 23.4 Å². The Morgan fingerprint density at radius 2 is 1.90 bits per heavy atom. The molecule has 0 saturated heterocycles. The number of carbonyl (C=O) groups is 1. The maximum atomic E-state index is 12.3. The fraction of sp³-hybridized carbons (Fsp3) is 0.455. The summed E-state index contributed by atoms with van der Waals surface area (Å²) in [6.45, 7) is 3.09. The first-order valence-corrected chi connectivity index (χ1v) is 9.43. The van der Waals surface area contributed by atoms with Gasteiger partial charge in [0.2, 0.25) is 9.84 Å².